The van der Waals surface area contributed by atoms with Crippen molar-refractivity contribution in [3.63, 3.8) is 0 Å². The minimum Gasteiger partial charge on any atom is -0.496 e. The summed E-state index contributed by atoms with van der Waals surface area (Å²) in [7, 11) is 3.34. The van der Waals surface area contributed by atoms with Gasteiger partial charge in [0.15, 0.2) is 0 Å². The molecule has 0 bridgehead atoms. The molecule has 51 heavy (non-hydrogen) atoms. The summed E-state index contributed by atoms with van der Waals surface area (Å²) in [6.07, 6.45) is 1.66. The highest BCUT2D eigenvalue weighted by molar-refractivity contribution is 8.00. The summed E-state index contributed by atoms with van der Waals surface area (Å²) in [5, 5.41) is 0. The smallest absolute Gasteiger partial charge is 0.410 e. The molecule has 3 aromatic rings. The Morgan fingerprint density at radius 2 is 1.75 bits per heavy atom. The van der Waals surface area contributed by atoms with Crippen LogP contribution in [-0.2, 0) is 37.0 Å². The molecule has 11 heteroatoms. The average molecular weight is 721 g/mol. The summed E-state index contributed by atoms with van der Waals surface area (Å²) in [4.78, 5) is 30.6. The normalized spacial score (nSPS) is 17.6. The molecule has 1 saturated heterocycles. The number of anilines is 1. The van der Waals surface area contributed by atoms with Crippen LogP contribution in [0.4, 0.5) is 10.5 Å². The molecule has 0 radical (unpaired) electrons. The van der Waals surface area contributed by atoms with E-state index >= 15 is 0 Å². The van der Waals surface area contributed by atoms with Gasteiger partial charge in [0, 0.05) is 49.6 Å². The zero-order valence-corrected chi connectivity index (χ0v) is 31.4. The highest BCUT2D eigenvalue weighted by atomic mass is 32.2. The Kier molecular flexibility index (Phi) is 14.1. The third-order valence-corrected chi connectivity index (χ3v) is 9.88. The summed E-state index contributed by atoms with van der Waals surface area (Å²) in [6.45, 7) is 9.78. The molecule has 0 aliphatic carbocycles. The van der Waals surface area contributed by atoms with Gasteiger partial charge in [-0.1, -0.05) is 36.4 Å². The zero-order chi connectivity index (χ0) is 36.2. The van der Waals surface area contributed by atoms with Gasteiger partial charge >= 0.3 is 6.09 Å². The first kappa shape index (κ1) is 38.5. The van der Waals surface area contributed by atoms with Gasteiger partial charge in [-0.15, -0.1) is 11.8 Å². The lowest BCUT2D eigenvalue weighted by molar-refractivity contribution is -0.116. The van der Waals surface area contributed by atoms with Gasteiger partial charge in [-0.2, -0.15) is 0 Å². The minimum atomic E-state index is -0.588. The van der Waals surface area contributed by atoms with Gasteiger partial charge in [-0.25, -0.2) is 4.79 Å². The van der Waals surface area contributed by atoms with Crippen molar-refractivity contribution in [3.8, 4) is 11.5 Å². The van der Waals surface area contributed by atoms with Crippen LogP contribution >= 0.6 is 11.8 Å². The predicted molar refractivity (Wildman–Crippen MR) is 199 cm³/mol. The molecule has 10 nitrogen and oxygen atoms in total. The number of carbonyl (C=O) groups excluding carboxylic acids is 2. The van der Waals surface area contributed by atoms with Gasteiger partial charge in [0.2, 0.25) is 5.91 Å². The largest absolute Gasteiger partial charge is 0.496 e. The van der Waals surface area contributed by atoms with E-state index in [-0.39, 0.29) is 24.0 Å². The number of para-hydroxylation sites is 1. The summed E-state index contributed by atoms with van der Waals surface area (Å²) in [5.41, 5.74) is 3.46. The molecular formula is C40H52N2O8S. The Balaban J connectivity index is 1.20. The highest BCUT2D eigenvalue weighted by Gasteiger charge is 2.35. The van der Waals surface area contributed by atoms with E-state index in [2.05, 4.69) is 30.3 Å². The number of methoxy groups -OCH3 is 2. The second kappa shape index (κ2) is 18.6. The fraction of sp³-hybridized carbons (Fsp3) is 0.500. The molecule has 0 N–H and O–H groups in total. The van der Waals surface area contributed by atoms with E-state index in [0.717, 1.165) is 58.0 Å². The number of hydrogen-bond donors (Lipinski definition) is 0. The van der Waals surface area contributed by atoms with Crippen molar-refractivity contribution in [2.24, 2.45) is 0 Å². The molecule has 2 aliphatic rings. The van der Waals surface area contributed by atoms with Crippen molar-refractivity contribution in [2.75, 3.05) is 64.3 Å². The monoisotopic (exact) mass is 720 g/mol. The van der Waals surface area contributed by atoms with E-state index in [4.69, 9.17) is 28.4 Å². The fourth-order valence-electron chi connectivity index (χ4n) is 6.28. The standard InChI is InChI=1S/C40H52N2O8S/c1-40(2,3)50-39(44)41-20-18-33(30-13-15-32(16-14-30)48-23-9-22-47-27-31-10-6-7-11-35(31)46-5)36(25-41)49-26-29-12-17-37-34(24-29)42(19-8-21-45-4)38(43)28-51-37/h6-7,10-17,24,33,36H,8-9,18-23,25-28H2,1-5H3. The van der Waals surface area contributed by atoms with Crippen LogP contribution in [0.15, 0.2) is 71.6 Å². The number of fused-ring (bicyclic) bond motifs is 1. The summed E-state index contributed by atoms with van der Waals surface area (Å²) >= 11 is 1.57. The molecule has 3 aromatic carbocycles. The van der Waals surface area contributed by atoms with E-state index in [1.165, 1.54) is 0 Å². The Morgan fingerprint density at radius 3 is 2.51 bits per heavy atom. The molecule has 276 valence electrons. The lowest BCUT2D eigenvalue weighted by Crippen LogP contribution is -2.48. The van der Waals surface area contributed by atoms with Crippen molar-refractivity contribution in [2.45, 2.75) is 75.8 Å². The molecule has 2 amide bonds. The Hall–Kier alpha value is -3.77. The summed E-state index contributed by atoms with van der Waals surface area (Å²) < 4.78 is 34.8. The predicted octanol–water partition coefficient (Wildman–Crippen LogP) is 7.47. The maximum atomic E-state index is 13.1. The molecule has 5 rings (SSSR count). The molecule has 0 aromatic heterocycles. The van der Waals surface area contributed by atoms with Crippen molar-refractivity contribution >= 4 is 29.4 Å². The van der Waals surface area contributed by atoms with Crippen molar-refractivity contribution < 1.29 is 38.0 Å². The Labute approximate surface area is 306 Å². The highest BCUT2D eigenvalue weighted by Crippen LogP contribution is 2.37. The number of amides is 2. The maximum absolute atomic E-state index is 13.1. The van der Waals surface area contributed by atoms with Gasteiger partial charge in [0.05, 0.1) is 57.6 Å². The van der Waals surface area contributed by atoms with Crippen LogP contribution in [0.1, 0.15) is 62.6 Å². The number of benzene rings is 3. The second-order valence-corrected chi connectivity index (χ2v) is 14.8. The van der Waals surface area contributed by atoms with Crippen LogP contribution in [0.3, 0.4) is 0 Å². The topological polar surface area (TPSA) is 96.0 Å². The number of rotatable bonds is 16. The number of piperidine rings is 1. The molecule has 2 atom stereocenters. The van der Waals surface area contributed by atoms with Crippen molar-refractivity contribution in [1.29, 1.82) is 0 Å². The maximum Gasteiger partial charge on any atom is 0.410 e. The molecule has 0 saturated carbocycles. The number of nitrogens with zero attached hydrogens (tertiary/aromatic N) is 2. The first-order valence-corrected chi connectivity index (χ1v) is 18.7. The van der Waals surface area contributed by atoms with Crippen molar-refractivity contribution in [1.82, 2.24) is 4.90 Å². The van der Waals surface area contributed by atoms with Gasteiger partial charge < -0.3 is 38.2 Å². The molecular weight excluding hydrogens is 669 g/mol. The lowest BCUT2D eigenvalue weighted by Gasteiger charge is -2.39. The number of likely N-dealkylation sites (tertiary alicyclic amines) is 1. The lowest BCUT2D eigenvalue weighted by atomic mass is 9.87. The summed E-state index contributed by atoms with van der Waals surface area (Å²) in [6, 6.07) is 22.2. The molecule has 1 fully saturated rings. The van der Waals surface area contributed by atoms with Crippen LogP contribution < -0.4 is 14.4 Å². The Bertz CT molecular complexity index is 1580. The van der Waals surface area contributed by atoms with Crippen LogP contribution in [0.5, 0.6) is 11.5 Å². The van der Waals surface area contributed by atoms with Crippen LogP contribution in [0, 0.1) is 0 Å². The molecule has 2 aliphatic heterocycles. The van der Waals surface area contributed by atoms with E-state index in [9.17, 15) is 9.59 Å². The third-order valence-electron chi connectivity index (χ3n) is 8.83. The fourth-order valence-corrected chi connectivity index (χ4v) is 7.19. The van der Waals surface area contributed by atoms with Crippen molar-refractivity contribution in [3.05, 3.63) is 83.4 Å². The number of carbonyl (C=O) groups is 2. The summed E-state index contributed by atoms with van der Waals surface area (Å²) in [5.74, 6) is 2.23. The molecule has 2 unspecified atom stereocenters. The van der Waals surface area contributed by atoms with Crippen LogP contribution in [0.25, 0.3) is 0 Å². The average Bonchev–Trinajstić information content (AvgIpc) is 3.12. The van der Waals surface area contributed by atoms with Crippen LogP contribution in [0.2, 0.25) is 0 Å². The number of hydrogen-bond acceptors (Lipinski definition) is 9. The number of ether oxygens (including phenoxy) is 6. The van der Waals surface area contributed by atoms with Crippen LogP contribution in [-0.4, -0.2) is 88.0 Å². The minimum absolute atomic E-state index is 0.0708. The third kappa shape index (κ3) is 11.1. The number of thioether (sulfide) groups is 1. The van der Waals surface area contributed by atoms with Gasteiger partial charge in [0.1, 0.15) is 17.1 Å². The first-order chi connectivity index (χ1) is 24.6. The first-order valence-electron chi connectivity index (χ1n) is 17.7. The van der Waals surface area contributed by atoms with Gasteiger partial charge in [-0.3, -0.25) is 4.79 Å². The molecule has 2 heterocycles. The van der Waals surface area contributed by atoms with E-state index in [0.29, 0.717) is 58.4 Å². The van der Waals surface area contributed by atoms with Gasteiger partial charge in [0.25, 0.3) is 0 Å². The van der Waals surface area contributed by atoms with Gasteiger partial charge in [-0.05, 0) is 75.1 Å². The molecule has 0 spiro atoms. The van der Waals surface area contributed by atoms with E-state index in [1.54, 1.807) is 30.9 Å². The quantitative estimate of drug-likeness (QED) is 0.140. The SMILES string of the molecule is COCCCN1C(=O)CSc2ccc(COC3CN(C(=O)OC(C)(C)C)CCC3c3ccc(OCCCOCc4ccccc4OC)cc3)cc21. The van der Waals surface area contributed by atoms with E-state index < -0.39 is 5.60 Å². The second-order valence-electron chi connectivity index (χ2n) is 13.8. The van der Waals surface area contributed by atoms with E-state index in [1.807, 2.05) is 62.1 Å². The Morgan fingerprint density at radius 1 is 0.941 bits per heavy atom. The zero-order valence-electron chi connectivity index (χ0n) is 30.6.